The van der Waals surface area contributed by atoms with Crippen molar-refractivity contribution < 1.29 is 18.0 Å². The first-order valence-corrected chi connectivity index (χ1v) is 13.3. The Morgan fingerprint density at radius 1 is 0.974 bits per heavy atom. The van der Waals surface area contributed by atoms with Gasteiger partial charge >= 0.3 is 6.18 Å². The van der Waals surface area contributed by atoms with Crippen molar-refractivity contribution in [3.05, 3.63) is 106 Å². The minimum absolute atomic E-state index is 0.243. The molecule has 3 aromatic carbocycles. The number of rotatable bonds is 6. The molecule has 0 fully saturated rings. The van der Waals surface area contributed by atoms with Gasteiger partial charge in [-0.3, -0.25) is 14.2 Å². The number of thioether (sulfide) groups is 1. The molecule has 0 bridgehead atoms. The molecule has 10 heteroatoms. The van der Waals surface area contributed by atoms with E-state index in [0.29, 0.717) is 15.9 Å². The Morgan fingerprint density at radius 3 is 2.29 bits per heavy atom. The molecule has 5 nitrogen and oxygen atoms in total. The van der Waals surface area contributed by atoms with E-state index in [1.54, 1.807) is 24.3 Å². The molecule has 0 saturated carbocycles. The lowest BCUT2D eigenvalue weighted by molar-refractivity contribution is -0.137. The number of carbonyl (C=O) groups excluding carboxylic acids is 1. The van der Waals surface area contributed by atoms with E-state index in [4.69, 9.17) is 4.98 Å². The summed E-state index contributed by atoms with van der Waals surface area (Å²) in [6.07, 6.45) is -4.61. The van der Waals surface area contributed by atoms with Crippen LogP contribution in [-0.2, 0) is 11.0 Å². The first-order chi connectivity index (χ1) is 18.2. The second-order valence-corrected chi connectivity index (χ2v) is 10.5. The third kappa shape index (κ3) is 5.09. The predicted octanol–water partition coefficient (Wildman–Crippen LogP) is 7.17. The van der Waals surface area contributed by atoms with Crippen LogP contribution in [0.2, 0.25) is 0 Å². The molecule has 38 heavy (non-hydrogen) atoms. The summed E-state index contributed by atoms with van der Waals surface area (Å²) in [5.41, 5.74) is 0.746. The molecule has 0 saturated heterocycles. The van der Waals surface area contributed by atoms with Crippen molar-refractivity contribution in [2.45, 2.75) is 18.3 Å². The molecule has 5 aromatic rings. The third-order valence-corrected chi connectivity index (χ3v) is 7.72. The Bertz CT molecular complexity index is 1680. The molecule has 0 atom stereocenters. The summed E-state index contributed by atoms with van der Waals surface area (Å²) in [7, 11) is 0. The van der Waals surface area contributed by atoms with Gasteiger partial charge in [0.05, 0.1) is 28.1 Å². The van der Waals surface area contributed by atoms with Crippen molar-refractivity contribution in [2.75, 3.05) is 11.1 Å². The van der Waals surface area contributed by atoms with Crippen LogP contribution >= 0.6 is 23.1 Å². The highest BCUT2D eigenvalue weighted by Gasteiger charge is 2.33. The zero-order valence-electron chi connectivity index (χ0n) is 20.0. The van der Waals surface area contributed by atoms with Gasteiger partial charge in [0.15, 0.2) is 5.16 Å². The minimum Gasteiger partial charge on any atom is -0.325 e. The first-order valence-electron chi connectivity index (χ1n) is 11.5. The number of aromatic nitrogens is 2. The molecule has 0 spiro atoms. The van der Waals surface area contributed by atoms with Gasteiger partial charge in [-0.1, -0.05) is 72.4 Å². The summed E-state index contributed by atoms with van der Waals surface area (Å²) >= 11 is 2.37. The molecule has 0 aliphatic rings. The van der Waals surface area contributed by atoms with Crippen molar-refractivity contribution in [1.82, 2.24) is 9.55 Å². The number of amides is 1. The van der Waals surface area contributed by atoms with Gasteiger partial charge < -0.3 is 5.32 Å². The smallest absolute Gasteiger partial charge is 0.325 e. The number of nitrogens with zero attached hydrogens (tertiary/aromatic N) is 2. The highest BCUT2D eigenvalue weighted by atomic mass is 32.2. The maximum atomic E-state index is 13.9. The van der Waals surface area contributed by atoms with Crippen LogP contribution in [0.3, 0.4) is 0 Å². The van der Waals surface area contributed by atoms with E-state index < -0.39 is 17.6 Å². The Labute approximate surface area is 224 Å². The number of para-hydroxylation sites is 2. The molecule has 1 amide bonds. The lowest BCUT2D eigenvalue weighted by Gasteiger charge is -2.14. The molecule has 0 aliphatic heterocycles. The number of alkyl halides is 3. The number of hydrogen-bond donors (Lipinski definition) is 1. The topological polar surface area (TPSA) is 64.0 Å². The normalized spacial score (nSPS) is 11.6. The SMILES string of the molecule is Cc1sc2nc(SCC(=O)Nc3ccccc3C(F)(F)F)n(-c3ccccc3)c(=O)c2c1-c1ccccc1. The van der Waals surface area contributed by atoms with Crippen LogP contribution in [0.15, 0.2) is 94.9 Å². The summed E-state index contributed by atoms with van der Waals surface area (Å²) < 4.78 is 41.5. The quantitative estimate of drug-likeness (QED) is 0.180. The van der Waals surface area contributed by atoms with E-state index in [0.717, 1.165) is 33.8 Å². The summed E-state index contributed by atoms with van der Waals surface area (Å²) in [5, 5.41) is 3.09. The van der Waals surface area contributed by atoms with E-state index in [1.807, 2.05) is 43.3 Å². The average Bonchev–Trinajstić information content (AvgIpc) is 3.24. The molecule has 0 radical (unpaired) electrons. The Hall–Kier alpha value is -3.89. The molecular weight excluding hydrogens is 531 g/mol. The van der Waals surface area contributed by atoms with Gasteiger partial charge in [-0.2, -0.15) is 13.2 Å². The number of thiophene rings is 1. The maximum Gasteiger partial charge on any atom is 0.418 e. The number of nitrogens with one attached hydrogen (secondary N) is 1. The molecule has 0 unspecified atom stereocenters. The van der Waals surface area contributed by atoms with Crippen molar-refractivity contribution in [3.8, 4) is 16.8 Å². The number of hydrogen-bond acceptors (Lipinski definition) is 5. The Balaban J connectivity index is 1.54. The van der Waals surface area contributed by atoms with Gasteiger partial charge in [0, 0.05) is 10.4 Å². The second kappa shape index (κ2) is 10.5. The van der Waals surface area contributed by atoms with Crippen molar-refractivity contribution in [3.63, 3.8) is 0 Å². The van der Waals surface area contributed by atoms with Crippen LogP contribution in [0.1, 0.15) is 10.4 Å². The standard InChI is InChI=1S/C28H20F3N3O2S2/c1-17-23(18-10-4-2-5-11-18)24-25(38-17)33-27(34(26(24)36)19-12-6-3-7-13-19)37-16-22(35)32-21-15-9-8-14-20(21)28(29,30)31/h2-15H,16H2,1H3,(H,32,35). The van der Waals surface area contributed by atoms with Crippen LogP contribution < -0.4 is 10.9 Å². The van der Waals surface area contributed by atoms with Gasteiger partial charge in [-0.05, 0) is 36.8 Å². The van der Waals surface area contributed by atoms with Crippen LogP contribution in [0.5, 0.6) is 0 Å². The van der Waals surface area contributed by atoms with Crippen LogP contribution in [0.4, 0.5) is 18.9 Å². The molecule has 192 valence electrons. The zero-order valence-corrected chi connectivity index (χ0v) is 21.6. The average molecular weight is 552 g/mol. The van der Waals surface area contributed by atoms with Gasteiger partial charge in [-0.15, -0.1) is 11.3 Å². The van der Waals surface area contributed by atoms with Crippen LogP contribution in [-0.4, -0.2) is 21.2 Å². The predicted molar refractivity (Wildman–Crippen MR) is 146 cm³/mol. The fourth-order valence-corrected chi connectivity index (χ4v) is 6.05. The molecule has 5 rings (SSSR count). The Kier molecular flexibility index (Phi) is 7.09. The number of fused-ring (bicyclic) bond motifs is 1. The van der Waals surface area contributed by atoms with Gasteiger partial charge in [0.25, 0.3) is 5.56 Å². The zero-order chi connectivity index (χ0) is 26.9. The van der Waals surface area contributed by atoms with Gasteiger partial charge in [0.2, 0.25) is 5.91 Å². The van der Waals surface area contributed by atoms with Crippen molar-refractivity contribution in [1.29, 1.82) is 0 Å². The van der Waals surface area contributed by atoms with Crippen LogP contribution in [0.25, 0.3) is 27.0 Å². The van der Waals surface area contributed by atoms with E-state index in [9.17, 15) is 22.8 Å². The number of anilines is 1. The summed E-state index contributed by atoms with van der Waals surface area (Å²) in [5.74, 6) is -0.889. The summed E-state index contributed by atoms with van der Waals surface area (Å²) in [6.45, 7) is 1.93. The first kappa shape index (κ1) is 25.7. The van der Waals surface area contributed by atoms with E-state index in [1.165, 1.54) is 34.1 Å². The lowest BCUT2D eigenvalue weighted by Crippen LogP contribution is -2.23. The molecule has 2 aromatic heterocycles. The molecular formula is C28H20F3N3O2S2. The molecule has 2 heterocycles. The van der Waals surface area contributed by atoms with Crippen molar-refractivity contribution >= 4 is 44.9 Å². The van der Waals surface area contributed by atoms with Gasteiger partial charge in [-0.25, -0.2) is 4.98 Å². The Morgan fingerprint density at radius 2 is 1.61 bits per heavy atom. The van der Waals surface area contributed by atoms with Crippen molar-refractivity contribution in [2.24, 2.45) is 0 Å². The largest absolute Gasteiger partial charge is 0.418 e. The number of aryl methyl sites for hydroxylation is 1. The molecule has 1 N–H and O–H groups in total. The van der Waals surface area contributed by atoms with Crippen LogP contribution in [0, 0.1) is 6.92 Å². The monoisotopic (exact) mass is 551 g/mol. The highest BCUT2D eigenvalue weighted by Crippen LogP contribution is 2.37. The number of halogens is 3. The second-order valence-electron chi connectivity index (χ2n) is 8.33. The maximum absolute atomic E-state index is 13.9. The molecule has 0 aliphatic carbocycles. The van der Waals surface area contributed by atoms with E-state index >= 15 is 0 Å². The minimum atomic E-state index is -4.61. The fourth-order valence-electron chi connectivity index (χ4n) is 4.15. The van der Waals surface area contributed by atoms with E-state index in [-0.39, 0.29) is 22.2 Å². The lowest BCUT2D eigenvalue weighted by atomic mass is 10.0. The number of carbonyl (C=O) groups is 1. The number of benzene rings is 3. The fraction of sp³-hybridized carbons (Fsp3) is 0.107. The highest BCUT2D eigenvalue weighted by molar-refractivity contribution is 7.99. The van der Waals surface area contributed by atoms with E-state index in [2.05, 4.69) is 5.32 Å². The van der Waals surface area contributed by atoms with Gasteiger partial charge in [0.1, 0.15) is 4.83 Å². The summed E-state index contributed by atoms with van der Waals surface area (Å²) in [6, 6.07) is 23.3. The third-order valence-electron chi connectivity index (χ3n) is 5.79. The summed E-state index contributed by atoms with van der Waals surface area (Å²) in [4.78, 5) is 32.8.